The summed E-state index contributed by atoms with van der Waals surface area (Å²) in [6.45, 7) is 1.82. The maximum atomic E-state index is 11.9. The van der Waals surface area contributed by atoms with Crippen LogP contribution >= 0.6 is 11.6 Å². The predicted molar refractivity (Wildman–Crippen MR) is 70.7 cm³/mol. The average Bonchev–Trinajstić information content (AvgIpc) is 2.84. The van der Waals surface area contributed by atoms with Gasteiger partial charge in [0.2, 0.25) is 0 Å². The normalized spacial score (nSPS) is 18.7. The SMILES string of the molecule is CN(Cc1ccccc1Cl)C(=O)NC1CCOC1. The lowest BCUT2D eigenvalue weighted by Crippen LogP contribution is -2.43. The Morgan fingerprint density at radius 3 is 3.00 bits per heavy atom. The van der Waals surface area contributed by atoms with E-state index >= 15 is 0 Å². The molecule has 0 spiro atoms. The molecule has 1 aliphatic heterocycles. The minimum Gasteiger partial charge on any atom is -0.379 e. The molecule has 1 saturated heterocycles. The zero-order chi connectivity index (χ0) is 13.0. The topological polar surface area (TPSA) is 41.6 Å². The van der Waals surface area contributed by atoms with Gasteiger partial charge in [0, 0.05) is 25.2 Å². The summed E-state index contributed by atoms with van der Waals surface area (Å²) in [6.07, 6.45) is 0.881. The van der Waals surface area contributed by atoms with Crippen LogP contribution in [0.2, 0.25) is 5.02 Å². The van der Waals surface area contributed by atoms with E-state index in [-0.39, 0.29) is 12.1 Å². The molecular weight excluding hydrogens is 252 g/mol. The Balaban J connectivity index is 1.89. The van der Waals surface area contributed by atoms with Crippen LogP contribution in [0.4, 0.5) is 4.79 Å². The van der Waals surface area contributed by atoms with Crippen molar-refractivity contribution >= 4 is 17.6 Å². The first-order valence-electron chi connectivity index (χ1n) is 5.99. The third-order valence-electron chi connectivity index (χ3n) is 2.97. The number of halogens is 1. The smallest absolute Gasteiger partial charge is 0.317 e. The van der Waals surface area contributed by atoms with Gasteiger partial charge in [0.1, 0.15) is 0 Å². The largest absolute Gasteiger partial charge is 0.379 e. The maximum Gasteiger partial charge on any atom is 0.317 e. The van der Waals surface area contributed by atoms with Gasteiger partial charge in [-0.3, -0.25) is 0 Å². The Labute approximate surface area is 112 Å². The van der Waals surface area contributed by atoms with Crippen LogP contribution in [0.25, 0.3) is 0 Å². The predicted octanol–water partition coefficient (Wildman–Crippen LogP) is 2.27. The quantitative estimate of drug-likeness (QED) is 0.914. The summed E-state index contributed by atoms with van der Waals surface area (Å²) in [6, 6.07) is 7.58. The van der Waals surface area contributed by atoms with Crippen molar-refractivity contribution in [3.63, 3.8) is 0 Å². The molecule has 1 heterocycles. The maximum absolute atomic E-state index is 11.9. The van der Waals surface area contributed by atoms with E-state index in [0.29, 0.717) is 18.2 Å². The second kappa shape index (κ2) is 6.07. The second-order valence-electron chi connectivity index (χ2n) is 4.46. The zero-order valence-electron chi connectivity index (χ0n) is 10.4. The van der Waals surface area contributed by atoms with Crippen LogP contribution in [0, 0.1) is 0 Å². The van der Waals surface area contributed by atoms with E-state index < -0.39 is 0 Å². The molecule has 1 fully saturated rings. The Morgan fingerprint density at radius 1 is 1.56 bits per heavy atom. The molecule has 98 valence electrons. The fourth-order valence-electron chi connectivity index (χ4n) is 1.89. The summed E-state index contributed by atoms with van der Waals surface area (Å²) in [5.41, 5.74) is 0.944. The Kier molecular flexibility index (Phi) is 4.44. The van der Waals surface area contributed by atoms with E-state index in [2.05, 4.69) is 5.32 Å². The fraction of sp³-hybridized carbons (Fsp3) is 0.462. The van der Waals surface area contributed by atoms with Gasteiger partial charge in [-0.2, -0.15) is 0 Å². The highest BCUT2D eigenvalue weighted by atomic mass is 35.5. The van der Waals surface area contributed by atoms with E-state index in [1.54, 1.807) is 11.9 Å². The number of hydrogen-bond donors (Lipinski definition) is 1. The van der Waals surface area contributed by atoms with E-state index in [4.69, 9.17) is 16.3 Å². The fourth-order valence-corrected chi connectivity index (χ4v) is 2.08. The van der Waals surface area contributed by atoms with Gasteiger partial charge < -0.3 is 15.0 Å². The molecule has 1 aliphatic rings. The van der Waals surface area contributed by atoms with Crippen molar-refractivity contribution in [3.05, 3.63) is 34.9 Å². The van der Waals surface area contributed by atoms with Gasteiger partial charge in [-0.1, -0.05) is 29.8 Å². The minimum absolute atomic E-state index is 0.0922. The number of amides is 2. The number of hydrogen-bond acceptors (Lipinski definition) is 2. The summed E-state index contributed by atoms with van der Waals surface area (Å²) < 4.78 is 5.22. The lowest BCUT2D eigenvalue weighted by atomic mass is 10.2. The van der Waals surface area contributed by atoms with Crippen LogP contribution in [0.5, 0.6) is 0 Å². The standard InChI is InChI=1S/C13H17ClN2O2/c1-16(8-10-4-2-3-5-12(10)14)13(17)15-11-6-7-18-9-11/h2-5,11H,6-9H2,1H3,(H,15,17). The van der Waals surface area contributed by atoms with Gasteiger partial charge in [-0.05, 0) is 18.1 Å². The summed E-state index contributed by atoms with van der Waals surface area (Å²) in [7, 11) is 1.76. The molecular formula is C13H17ClN2O2. The van der Waals surface area contributed by atoms with Crippen molar-refractivity contribution in [1.82, 2.24) is 10.2 Å². The van der Waals surface area contributed by atoms with E-state index in [1.165, 1.54) is 0 Å². The molecule has 0 aliphatic carbocycles. The number of ether oxygens (including phenoxy) is 1. The number of carbonyl (C=O) groups is 1. The van der Waals surface area contributed by atoms with Crippen molar-refractivity contribution in [2.75, 3.05) is 20.3 Å². The molecule has 1 unspecified atom stereocenters. The molecule has 0 radical (unpaired) electrons. The molecule has 0 bridgehead atoms. The average molecular weight is 269 g/mol. The third-order valence-corrected chi connectivity index (χ3v) is 3.34. The molecule has 2 rings (SSSR count). The molecule has 1 aromatic carbocycles. The number of nitrogens with zero attached hydrogens (tertiary/aromatic N) is 1. The highest BCUT2D eigenvalue weighted by Gasteiger charge is 2.19. The summed E-state index contributed by atoms with van der Waals surface area (Å²) in [5.74, 6) is 0. The second-order valence-corrected chi connectivity index (χ2v) is 4.86. The molecule has 18 heavy (non-hydrogen) atoms. The van der Waals surface area contributed by atoms with Gasteiger partial charge in [0.25, 0.3) is 0 Å². The summed E-state index contributed by atoms with van der Waals surface area (Å²) in [5, 5.41) is 3.62. The van der Waals surface area contributed by atoms with Crippen LogP contribution in [0.1, 0.15) is 12.0 Å². The van der Waals surface area contributed by atoms with Gasteiger partial charge >= 0.3 is 6.03 Å². The first-order chi connectivity index (χ1) is 8.66. The molecule has 0 saturated carbocycles. The van der Waals surface area contributed by atoms with Crippen molar-refractivity contribution < 1.29 is 9.53 Å². The Bertz CT molecular complexity index is 419. The van der Waals surface area contributed by atoms with Gasteiger partial charge in [0.15, 0.2) is 0 Å². The van der Waals surface area contributed by atoms with Gasteiger partial charge in [0.05, 0.1) is 12.6 Å². The van der Waals surface area contributed by atoms with Crippen LogP contribution in [-0.2, 0) is 11.3 Å². The molecule has 1 N–H and O–H groups in total. The van der Waals surface area contributed by atoms with Crippen LogP contribution in [-0.4, -0.2) is 37.2 Å². The lowest BCUT2D eigenvalue weighted by molar-refractivity contribution is 0.181. The lowest BCUT2D eigenvalue weighted by Gasteiger charge is -2.20. The Morgan fingerprint density at radius 2 is 2.33 bits per heavy atom. The number of rotatable bonds is 3. The molecule has 4 nitrogen and oxygen atoms in total. The summed E-state index contributed by atoms with van der Waals surface area (Å²) >= 11 is 6.06. The highest BCUT2D eigenvalue weighted by molar-refractivity contribution is 6.31. The van der Waals surface area contributed by atoms with E-state index in [9.17, 15) is 4.79 Å². The molecule has 0 aromatic heterocycles. The van der Waals surface area contributed by atoms with Gasteiger partial charge in [-0.25, -0.2) is 4.79 Å². The van der Waals surface area contributed by atoms with Crippen molar-refractivity contribution in [1.29, 1.82) is 0 Å². The summed E-state index contributed by atoms with van der Waals surface area (Å²) in [4.78, 5) is 13.6. The third kappa shape index (κ3) is 3.37. The first kappa shape index (κ1) is 13.2. The number of urea groups is 1. The molecule has 1 atom stereocenters. The first-order valence-corrected chi connectivity index (χ1v) is 6.37. The van der Waals surface area contributed by atoms with Gasteiger partial charge in [-0.15, -0.1) is 0 Å². The van der Waals surface area contributed by atoms with Crippen molar-refractivity contribution in [2.45, 2.75) is 19.0 Å². The number of benzene rings is 1. The van der Waals surface area contributed by atoms with E-state index in [1.807, 2.05) is 24.3 Å². The monoisotopic (exact) mass is 268 g/mol. The Hall–Kier alpha value is -1.26. The zero-order valence-corrected chi connectivity index (χ0v) is 11.1. The molecule has 2 amide bonds. The molecule has 1 aromatic rings. The minimum atomic E-state index is -0.0922. The number of nitrogens with one attached hydrogen (secondary N) is 1. The number of carbonyl (C=O) groups excluding carboxylic acids is 1. The van der Waals surface area contributed by atoms with E-state index in [0.717, 1.165) is 18.6 Å². The van der Waals surface area contributed by atoms with Crippen LogP contribution < -0.4 is 5.32 Å². The van der Waals surface area contributed by atoms with Crippen molar-refractivity contribution in [2.24, 2.45) is 0 Å². The van der Waals surface area contributed by atoms with Crippen LogP contribution in [0.15, 0.2) is 24.3 Å². The highest BCUT2D eigenvalue weighted by Crippen LogP contribution is 2.16. The van der Waals surface area contributed by atoms with Crippen molar-refractivity contribution in [3.8, 4) is 0 Å². The molecule has 5 heteroatoms. The van der Waals surface area contributed by atoms with Crippen LogP contribution in [0.3, 0.4) is 0 Å².